The average Bonchev–Trinajstić information content (AvgIpc) is 3.64. The lowest BCUT2D eigenvalue weighted by atomic mass is 9.90. The number of carbonyl (C=O) groups excluding carboxylic acids is 2. The zero-order valence-corrected chi connectivity index (χ0v) is 29.2. The maximum atomic E-state index is 13.1. The van der Waals surface area contributed by atoms with E-state index in [2.05, 4.69) is 21.3 Å². The van der Waals surface area contributed by atoms with Crippen LogP contribution < -0.4 is 26.7 Å². The van der Waals surface area contributed by atoms with E-state index in [9.17, 15) is 39.3 Å². The summed E-state index contributed by atoms with van der Waals surface area (Å²) in [7, 11) is 0. The number of aromatic hydroxyl groups is 1. The molecule has 2 aromatic rings. The van der Waals surface area contributed by atoms with Crippen LogP contribution in [0.3, 0.4) is 0 Å². The second-order valence-electron chi connectivity index (χ2n) is 12.7. The number of amides is 2. The van der Waals surface area contributed by atoms with Crippen molar-refractivity contribution in [3.8, 4) is 28.2 Å². The lowest BCUT2D eigenvalue weighted by molar-refractivity contribution is -0.143. The topological polar surface area (TPSA) is 207 Å². The summed E-state index contributed by atoms with van der Waals surface area (Å²) in [4.78, 5) is 62.2. The summed E-state index contributed by atoms with van der Waals surface area (Å²) >= 11 is 5.45. The van der Waals surface area contributed by atoms with Crippen molar-refractivity contribution < 1.29 is 38.9 Å². The lowest BCUT2D eigenvalue weighted by Gasteiger charge is -2.24. The first kappa shape index (κ1) is 37.2. The molecule has 0 spiro atoms. The molecule has 0 saturated carbocycles. The zero-order chi connectivity index (χ0) is 37.5. The molecule has 7 N–H and O–H groups in total. The van der Waals surface area contributed by atoms with Gasteiger partial charge in [-0.3, -0.25) is 14.4 Å². The molecule has 13 nitrogen and oxygen atoms in total. The molecule has 0 fully saturated rings. The predicted molar refractivity (Wildman–Crippen MR) is 199 cm³/mol. The van der Waals surface area contributed by atoms with Crippen LogP contribution in [0.2, 0.25) is 0 Å². The molecule has 0 aromatic heterocycles. The van der Waals surface area contributed by atoms with Gasteiger partial charge in [0.05, 0.1) is 11.5 Å². The molecule has 14 heteroatoms. The van der Waals surface area contributed by atoms with Gasteiger partial charge >= 0.3 is 11.9 Å². The molecule has 2 aromatic carbocycles. The quantitative estimate of drug-likeness (QED) is 0.0528. The van der Waals surface area contributed by atoms with E-state index >= 15 is 0 Å². The van der Waals surface area contributed by atoms with E-state index in [-0.39, 0.29) is 51.4 Å². The average molecular weight is 727 g/mol. The van der Waals surface area contributed by atoms with Gasteiger partial charge in [0, 0.05) is 40.9 Å². The van der Waals surface area contributed by atoms with Crippen molar-refractivity contribution in [3.05, 3.63) is 94.7 Å². The van der Waals surface area contributed by atoms with Crippen LogP contribution in [-0.4, -0.2) is 62.8 Å². The van der Waals surface area contributed by atoms with Gasteiger partial charge in [-0.25, -0.2) is 9.59 Å². The van der Waals surface area contributed by atoms with Gasteiger partial charge in [-0.05, 0) is 79.4 Å². The third kappa shape index (κ3) is 8.82. The number of unbranched alkanes of at least 4 members (excludes halogenated alkanes) is 1. The number of fused-ring (bicyclic) bond motifs is 2. The van der Waals surface area contributed by atoms with Crippen LogP contribution in [0.4, 0.5) is 5.69 Å². The van der Waals surface area contributed by atoms with E-state index in [0.29, 0.717) is 47.2 Å². The third-order valence-corrected chi connectivity index (χ3v) is 8.82. The molecule has 1 aliphatic heterocycles. The van der Waals surface area contributed by atoms with Crippen LogP contribution in [0, 0.1) is 11.8 Å². The molecule has 2 atom stereocenters. The summed E-state index contributed by atoms with van der Waals surface area (Å²) in [5.74, 6) is -4.01. The number of phenolic OH excluding ortho intramolecular Hbond substituents is 1. The number of hydrogen-bond donors (Lipinski definition) is 7. The van der Waals surface area contributed by atoms with E-state index in [4.69, 9.17) is 16.6 Å². The van der Waals surface area contributed by atoms with E-state index in [1.54, 1.807) is 62.4 Å². The summed E-state index contributed by atoms with van der Waals surface area (Å²) in [5.41, 5.74) is 1.74. The molecule has 2 amide bonds. The first-order valence-electron chi connectivity index (χ1n) is 16.6. The van der Waals surface area contributed by atoms with Crippen LogP contribution in [0.25, 0.3) is 33.4 Å². The van der Waals surface area contributed by atoms with Gasteiger partial charge in [-0.15, -0.1) is 0 Å². The highest BCUT2D eigenvalue weighted by molar-refractivity contribution is 7.80. The summed E-state index contributed by atoms with van der Waals surface area (Å²) in [6.07, 6.45) is 8.14. The molecule has 1 heterocycles. The van der Waals surface area contributed by atoms with Gasteiger partial charge in [0.25, 0.3) is 0 Å². The highest BCUT2D eigenvalue weighted by Gasteiger charge is 2.29. The van der Waals surface area contributed by atoms with Gasteiger partial charge in [0.2, 0.25) is 11.8 Å². The molecule has 5 rings (SSSR count). The largest absolute Gasteiger partial charge is 0.508 e. The van der Waals surface area contributed by atoms with Crippen molar-refractivity contribution in [3.63, 3.8) is 0 Å². The number of carbonyl (C=O) groups is 4. The molecule has 52 heavy (non-hydrogen) atoms. The van der Waals surface area contributed by atoms with Gasteiger partial charge in [0.15, 0.2) is 10.5 Å². The van der Waals surface area contributed by atoms with Crippen molar-refractivity contribution in [2.24, 2.45) is 11.8 Å². The number of anilines is 1. The number of benzene rings is 3. The van der Waals surface area contributed by atoms with Gasteiger partial charge < -0.3 is 41.0 Å². The fraction of sp³-hybridized carbons (Fsp3) is 0.263. The van der Waals surface area contributed by atoms with Crippen LogP contribution in [0.5, 0.6) is 5.75 Å². The number of thiocarbonyl (C=S) groups is 1. The number of nitrogens with one attached hydrogen (secondary N) is 4. The van der Waals surface area contributed by atoms with Crippen LogP contribution >= 0.6 is 12.2 Å². The van der Waals surface area contributed by atoms with E-state index in [0.717, 1.165) is 0 Å². The van der Waals surface area contributed by atoms with Crippen molar-refractivity contribution in [2.75, 3.05) is 11.9 Å². The minimum atomic E-state index is -1.20. The van der Waals surface area contributed by atoms with Gasteiger partial charge in [-0.1, -0.05) is 44.2 Å². The molecule has 2 aliphatic carbocycles. The molecule has 0 bridgehead atoms. The van der Waals surface area contributed by atoms with Crippen LogP contribution in [0.1, 0.15) is 43.5 Å². The fourth-order valence-corrected chi connectivity index (χ4v) is 6.15. The fourth-order valence-electron chi connectivity index (χ4n) is 5.93. The Bertz CT molecular complexity index is 2110. The summed E-state index contributed by atoms with van der Waals surface area (Å²) in [6, 6.07) is 11.4. The van der Waals surface area contributed by atoms with Crippen molar-refractivity contribution >= 4 is 57.7 Å². The number of phenols is 1. The SMILES string of the molecule is CC(C)[C@H](NC(=O)[C@H](CCCCNC(=S)Nc1ccc(-c2c3ccc(=O)cc-3oc3cc(O)ccc23)c(C(=O)O)c1)NC(=O)C1C=CC=C1)C(=O)O. The highest BCUT2D eigenvalue weighted by Crippen LogP contribution is 2.42. The Kier molecular flexibility index (Phi) is 11.7. The monoisotopic (exact) mass is 726 g/mol. The third-order valence-electron chi connectivity index (χ3n) is 8.57. The van der Waals surface area contributed by atoms with E-state index in [1.165, 1.54) is 30.3 Å². The number of carboxylic acids is 2. The normalized spacial score (nSPS) is 13.6. The second kappa shape index (κ2) is 16.3. The molecule has 0 radical (unpaired) electrons. The van der Waals surface area contributed by atoms with E-state index in [1.807, 2.05) is 0 Å². The van der Waals surface area contributed by atoms with E-state index < -0.39 is 35.8 Å². The lowest BCUT2D eigenvalue weighted by Crippen LogP contribution is -2.53. The zero-order valence-electron chi connectivity index (χ0n) is 28.3. The summed E-state index contributed by atoms with van der Waals surface area (Å²) in [6.45, 7) is 3.75. The Morgan fingerprint density at radius 3 is 2.33 bits per heavy atom. The number of carboxylic acid groups (broad SMARTS) is 2. The summed E-state index contributed by atoms with van der Waals surface area (Å²) < 4.78 is 5.89. The van der Waals surface area contributed by atoms with Crippen molar-refractivity contribution in [1.29, 1.82) is 0 Å². The Morgan fingerprint density at radius 1 is 0.904 bits per heavy atom. The number of aromatic carboxylic acids is 1. The molecule has 270 valence electrons. The van der Waals surface area contributed by atoms with Crippen molar-refractivity contribution in [2.45, 2.75) is 45.2 Å². The standard InChI is InChI=1S/C38H38N4O9S/c1-20(2)33(37(49)50)42-35(46)29(41-34(45)21-7-3-4-8-21)9-5-6-16-39-38(52)40-22-10-13-25(28(17-22)36(47)48)32-26-14-11-23(43)18-30(26)51-31-19-24(44)12-15-27(31)32/h3-4,7-8,10-15,17-21,29,33,43H,5-6,9,16H2,1-2H3,(H,41,45)(H,42,46)(H,47,48)(H,49,50)(H2,39,40,52)/t29-,33-/m0/s1. The molecular formula is C38H38N4O9S. The van der Waals surface area contributed by atoms with Crippen LogP contribution in [0.15, 0.2) is 88.1 Å². The minimum Gasteiger partial charge on any atom is -0.508 e. The minimum absolute atomic E-state index is 0.0431. The summed E-state index contributed by atoms with van der Waals surface area (Å²) in [5, 5.41) is 41.9. The maximum Gasteiger partial charge on any atom is 0.336 e. The molecule has 0 saturated heterocycles. The van der Waals surface area contributed by atoms with Gasteiger partial charge in [0.1, 0.15) is 29.2 Å². The smallest absolute Gasteiger partial charge is 0.336 e. The number of aliphatic carboxylic acids is 1. The maximum absolute atomic E-state index is 13.1. The Labute approximate surface area is 303 Å². The second-order valence-corrected chi connectivity index (χ2v) is 13.1. The van der Waals surface area contributed by atoms with Crippen LogP contribution in [-0.2, 0) is 14.4 Å². The Hall–Kier alpha value is -6.02. The number of hydrogen-bond acceptors (Lipinski definition) is 8. The number of rotatable bonds is 14. The van der Waals surface area contributed by atoms with Gasteiger partial charge in [-0.2, -0.15) is 0 Å². The predicted octanol–water partition coefficient (Wildman–Crippen LogP) is 4.88. The highest BCUT2D eigenvalue weighted by atomic mass is 32.1. The molecular weight excluding hydrogens is 689 g/mol. The molecule has 0 unspecified atom stereocenters. The first-order chi connectivity index (χ1) is 24.8. The Balaban J connectivity index is 1.24. The first-order valence-corrected chi connectivity index (χ1v) is 17.0. The number of allylic oxidation sites excluding steroid dienone is 2. The Morgan fingerprint density at radius 2 is 1.63 bits per heavy atom. The van der Waals surface area contributed by atoms with Crippen molar-refractivity contribution in [1.82, 2.24) is 16.0 Å². The molecule has 3 aliphatic rings.